The third-order valence-electron chi connectivity index (χ3n) is 1.12. The summed E-state index contributed by atoms with van der Waals surface area (Å²) >= 11 is 0.521. The molecule has 74 valence electrons. The number of nitrogens with two attached hydrogens (primary N) is 2. The molecule has 9 heteroatoms. The van der Waals surface area contributed by atoms with E-state index in [0.29, 0.717) is 11.3 Å². The molecule has 0 unspecified atom stereocenters. The summed E-state index contributed by atoms with van der Waals surface area (Å²) in [6.07, 6.45) is 0. The van der Waals surface area contributed by atoms with Gasteiger partial charge in [0.05, 0.1) is 0 Å². The molecule has 13 heavy (non-hydrogen) atoms. The number of hydrogen-bond acceptors (Lipinski definition) is 5. The van der Waals surface area contributed by atoms with Gasteiger partial charge < -0.3 is 0 Å². The Morgan fingerprint density at radius 3 is 1.38 bits per heavy atom. The van der Waals surface area contributed by atoms with Gasteiger partial charge in [-0.1, -0.05) is 0 Å². The molecule has 0 fully saturated rings. The Kier molecular flexibility index (Phi) is 2.47. The maximum Gasteiger partial charge on any atom is 0.247 e. The minimum Gasteiger partial charge on any atom is -0.224 e. The number of thiophene rings is 1. The molecule has 0 aliphatic rings. The lowest BCUT2D eigenvalue weighted by atomic mass is 10.7. The summed E-state index contributed by atoms with van der Waals surface area (Å²) in [5.74, 6) is 0. The van der Waals surface area contributed by atoms with Crippen LogP contribution in [0.5, 0.6) is 0 Å². The van der Waals surface area contributed by atoms with Gasteiger partial charge in [0.25, 0.3) is 0 Å². The smallest absolute Gasteiger partial charge is 0.224 e. The van der Waals surface area contributed by atoms with E-state index in [0.717, 1.165) is 12.1 Å². The zero-order chi connectivity index (χ0) is 10.3. The van der Waals surface area contributed by atoms with Crippen molar-refractivity contribution in [2.75, 3.05) is 0 Å². The third kappa shape index (κ3) is 2.48. The summed E-state index contributed by atoms with van der Waals surface area (Å²) < 4.78 is 42.5. The van der Waals surface area contributed by atoms with Gasteiger partial charge in [0.1, 0.15) is 8.42 Å². The van der Waals surface area contributed by atoms with E-state index in [1.807, 2.05) is 0 Å². The van der Waals surface area contributed by atoms with Crippen LogP contribution >= 0.6 is 11.3 Å². The third-order valence-corrected chi connectivity index (χ3v) is 5.08. The Morgan fingerprint density at radius 2 is 1.23 bits per heavy atom. The highest BCUT2D eigenvalue weighted by molar-refractivity contribution is 7.93. The Bertz CT molecular complexity index is 465. The van der Waals surface area contributed by atoms with Gasteiger partial charge in [-0.15, -0.1) is 11.3 Å². The predicted octanol–water partition coefficient (Wildman–Crippen LogP) is -0.957. The lowest BCUT2D eigenvalue weighted by Crippen LogP contribution is -2.11. The minimum atomic E-state index is -3.84. The molecule has 0 radical (unpaired) electrons. The maximum absolute atomic E-state index is 10.7. The van der Waals surface area contributed by atoms with Crippen molar-refractivity contribution in [3.63, 3.8) is 0 Å². The second kappa shape index (κ2) is 3.03. The van der Waals surface area contributed by atoms with Crippen LogP contribution < -0.4 is 10.3 Å². The van der Waals surface area contributed by atoms with Crippen molar-refractivity contribution in [3.8, 4) is 0 Å². The molecule has 1 aromatic heterocycles. The Labute approximate surface area is 79.3 Å². The molecule has 1 heterocycles. The van der Waals surface area contributed by atoms with E-state index in [-0.39, 0.29) is 8.42 Å². The number of primary sulfonamides is 2. The number of rotatable bonds is 2. The Morgan fingerprint density at radius 1 is 0.923 bits per heavy atom. The van der Waals surface area contributed by atoms with Crippen molar-refractivity contribution >= 4 is 31.4 Å². The molecule has 4 N–H and O–H groups in total. The summed E-state index contributed by atoms with van der Waals surface area (Å²) in [7, 11) is -7.69. The predicted molar refractivity (Wildman–Crippen MR) is 47.1 cm³/mol. The first kappa shape index (κ1) is 10.6. The van der Waals surface area contributed by atoms with Crippen LogP contribution in [0.15, 0.2) is 20.6 Å². The second-order valence-corrected chi connectivity index (χ2v) is 6.82. The lowest BCUT2D eigenvalue weighted by molar-refractivity contribution is 0.598. The zero-order valence-electron chi connectivity index (χ0n) is 6.17. The van der Waals surface area contributed by atoms with Gasteiger partial charge in [-0.3, -0.25) is 0 Å². The van der Waals surface area contributed by atoms with Gasteiger partial charge in [0, 0.05) is 0 Å². The van der Waals surface area contributed by atoms with E-state index in [1.165, 1.54) is 0 Å². The summed E-state index contributed by atoms with van der Waals surface area (Å²) in [5, 5.41) is 9.52. The summed E-state index contributed by atoms with van der Waals surface area (Å²) in [6.45, 7) is 0. The number of hydrogen-bond donors (Lipinski definition) is 2. The second-order valence-electron chi connectivity index (χ2n) is 2.16. The highest BCUT2D eigenvalue weighted by Crippen LogP contribution is 2.22. The van der Waals surface area contributed by atoms with Crippen LogP contribution in [-0.2, 0) is 20.0 Å². The molecular formula is C4H6N2O4S3. The molecule has 0 atom stereocenters. The van der Waals surface area contributed by atoms with Gasteiger partial charge in [-0.05, 0) is 12.1 Å². The quantitative estimate of drug-likeness (QED) is 0.694. The fourth-order valence-electron chi connectivity index (χ4n) is 0.609. The van der Waals surface area contributed by atoms with Crippen LogP contribution in [0.4, 0.5) is 0 Å². The molecule has 6 nitrogen and oxygen atoms in total. The molecule has 0 spiro atoms. The van der Waals surface area contributed by atoms with Crippen LogP contribution in [0.2, 0.25) is 0 Å². The molecule has 0 bridgehead atoms. The summed E-state index contributed by atoms with van der Waals surface area (Å²) in [4.78, 5) is 0. The Balaban J connectivity index is 3.32. The first-order valence-electron chi connectivity index (χ1n) is 2.87. The van der Waals surface area contributed by atoms with Crippen LogP contribution in [0, 0.1) is 0 Å². The van der Waals surface area contributed by atoms with Crippen molar-refractivity contribution in [3.05, 3.63) is 12.1 Å². The van der Waals surface area contributed by atoms with E-state index < -0.39 is 20.0 Å². The molecule has 0 amide bonds. The SMILES string of the molecule is NS(=O)(=O)c1ccc(S(N)(=O)=O)s1. The minimum absolute atomic E-state index is 0.225. The molecular weight excluding hydrogens is 236 g/mol. The van der Waals surface area contributed by atoms with Gasteiger partial charge in [-0.25, -0.2) is 27.1 Å². The van der Waals surface area contributed by atoms with Gasteiger partial charge in [-0.2, -0.15) is 0 Å². The average molecular weight is 242 g/mol. The van der Waals surface area contributed by atoms with Crippen molar-refractivity contribution in [1.29, 1.82) is 0 Å². The van der Waals surface area contributed by atoms with E-state index >= 15 is 0 Å². The molecule has 0 aliphatic heterocycles. The topological polar surface area (TPSA) is 120 Å². The fourth-order valence-corrected chi connectivity index (χ4v) is 3.22. The number of sulfonamides is 2. The van der Waals surface area contributed by atoms with E-state index in [2.05, 4.69) is 0 Å². The average Bonchev–Trinajstić information content (AvgIpc) is 2.28. The fraction of sp³-hybridized carbons (Fsp3) is 0. The maximum atomic E-state index is 10.7. The van der Waals surface area contributed by atoms with E-state index in [4.69, 9.17) is 10.3 Å². The van der Waals surface area contributed by atoms with Crippen LogP contribution in [-0.4, -0.2) is 16.8 Å². The molecule has 0 aliphatic carbocycles. The van der Waals surface area contributed by atoms with Crippen molar-refractivity contribution in [2.24, 2.45) is 10.3 Å². The first-order valence-corrected chi connectivity index (χ1v) is 6.77. The highest BCUT2D eigenvalue weighted by atomic mass is 32.3. The monoisotopic (exact) mass is 242 g/mol. The largest absolute Gasteiger partial charge is 0.247 e. The first-order chi connectivity index (χ1) is 5.71. The zero-order valence-corrected chi connectivity index (χ0v) is 8.62. The molecule has 1 aromatic rings. The molecule has 1 rings (SSSR count). The molecule has 0 aromatic carbocycles. The van der Waals surface area contributed by atoms with Crippen LogP contribution in [0.25, 0.3) is 0 Å². The van der Waals surface area contributed by atoms with Gasteiger partial charge in [0.2, 0.25) is 20.0 Å². The van der Waals surface area contributed by atoms with Gasteiger partial charge in [0.15, 0.2) is 0 Å². The normalized spacial score (nSPS) is 13.1. The Hall–Kier alpha value is -0.480. The van der Waals surface area contributed by atoms with E-state index in [9.17, 15) is 16.8 Å². The standard InChI is InChI=1S/C4H6N2O4S3/c5-12(7,8)3-1-2-4(11-3)13(6,9)10/h1-2H,(H2,5,7,8)(H2,6,9,10). The molecule has 0 saturated heterocycles. The van der Waals surface area contributed by atoms with Crippen molar-refractivity contribution in [1.82, 2.24) is 0 Å². The van der Waals surface area contributed by atoms with Crippen molar-refractivity contribution in [2.45, 2.75) is 8.42 Å². The van der Waals surface area contributed by atoms with Crippen LogP contribution in [0.3, 0.4) is 0 Å². The lowest BCUT2D eigenvalue weighted by Gasteiger charge is -1.90. The van der Waals surface area contributed by atoms with E-state index in [1.54, 1.807) is 0 Å². The van der Waals surface area contributed by atoms with Gasteiger partial charge >= 0.3 is 0 Å². The van der Waals surface area contributed by atoms with Crippen LogP contribution in [0.1, 0.15) is 0 Å². The summed E-state index contributed by atoms with van der Waals surface area (Å²) in [6, 6.07) is 2.19. The molecule has 0 saturated carbocycles. The summed E-state index contributed by atoms with van der Waals surface area (Å²) in [5.41, 5.74) is 0. The highest BCUT2D eigenvalue weighted by Gasteiger charge is 2.16. The van der Waals surface area contributed by atoms with Crippen molar-refractivity contribution < 1.29 is 16.8 Å².